The number of nitrogens with zero attached hydrogens (tertiary/aromatic N) is 5. The molecule has 0 unspecified atom stereocenters. The number of hydrogen-bond acceptors (Lipinski definition) is 6. The molecule has 0 saturated carbocycles. The van der Waals surface area contributed by atoms with Crippen LogP contribution < -0.4 is 0 Å². The predicted molar refractivity (Wildman–Crippen MR) is 121 cm³/mol. The predicted octanol–water partition coefficient (Wildman–Crippen LogP) is 5.59. The number of benzene rings is 3. The maximum atomic E-state index is 5.84. The standard InChI is InChI=1S/C24H19N5OS/c1-17-12-14-20(15-13-17)29-22(18-8-4-2-5-9-18)26-28-24(29)31-16-21-25-27-23(30-21)19-10-6-3-7-11-19/h2-15H,16H2,1H3. The first-order chi connectivity index (χ1) is 15.3. The van der Waals surface area contributed by atoms with Crippen molar-refractivity contribution in [1.82, 2.24) is 25.0 Å². The minimum Gasteiger partial charge on any atom is -0.420 e. The van der Waals surface area contributed by atoms with E-state index in [-0.39, 0.29) is 0 Å². The second-order valence-electron chi connectivity index (χ2n) is 7.00. The van der Waals surface area contributed by atoms with Crippen LogP contribution >= 0.6 is 11.8 Å². The van der Waals surface area contributed by atoms with Gasteiger partial charge in [-0.05, 0) is 31.2 Å². The van der Waals surface area contributed by atoms with E-state index in [2.05, 4.69) is 56.2 Å². The first kappa shape index (κ1) is 19.3. The van der Waals surface area contributed by atoms with Gasteiger partial charge in [-0.15, -0.1) is 20.4 Å². The second kappa shape index (κ2) is 8.57. The van der Waals surface area contributed by atoms with Gasteiger partial charge in [0.15, 0.2) is 11.0 Å². The maximum Gasteiger partial charge on any atom is 0.247 e. The Morgan fingerprint density at radius 3 is 2.13 bits per heavy atom. The van der Waals surface area contributed by atoms with E-state index in [1.54, 1.807) is 0 Å². The Balaban J connectivity index is 1.45. The quantitative estimate of drug-likeness (QED) is 0.331. The van der Waals surface area contributed by atoms with Gasteiger partial charge in [0.1, 0.15) is 0 Å². The van der Waals surface area contributed by atoms with Crippen LogP contribution in [0.3, 0.4) is 0 Å². The van der Waals surface area contributed by atoms with Crippen molar-refractivity contribution in [1.29, 1.82) is 0 Å². The molecule has 0 aliphatic carbocycles. The molecule has 31 heavy (non-hydrogen) atoms. The zero-order valence-electron chi connectivity index (χ0n) is 16.8. The number of thioether (sulfide) groups is 1. The van der Waals surface area contributed by atoms with Crippen molar-refractivity contribution in [3.63, 3.8) is 0 Å². The summed E-state index contributed by atoms with van der Waals surface area (Å²) < 4.78 is 7.91. The van der Waals surface area contributed by atoms with Gasteiger partial charge in [-0.2, -0.15) is 0 Å². The van der Waals surface area contributed by atoms with Crippen LogP contribution in [0.25, 0.3) is 28.5 Å². The molecule has 6 nitrogen and oxygen atoms in total. The first-order valence-corrected chi connectivity index (χ1v) is 10.8. The number of aryl methyl sites for hydroxylation is 1. The summed E-state index contributed by atoms with van der Waals surface area (Å²) in [5, 5.41) is 18.1. The highest BCUT2D eigenvalue weighted by atomic mass is 32.2. The minimum absolute atomic E-state index is 0.499. The van der Waals surface area contributed by atoms with Crippen LogP contribution in [-0.2, 0) is 5.75 Å². The van der Waals surface area contributed by atoms with Gasteiger partial charge >= 0.3 is 0 Å². The number of aromatic nitrogens is 5. The van der Waals surface area contributed by atoms with Crippen molar-refractivity contribution < 1.29 is 4.42 Å². The molecular weight excluding hydrogens is 406 g/mol. The molecule has 0 atom stereocenters. The highest BCUT2D eigenvalue weighted by Crippen LogP contribution is 2.30. The molecule has 0 saturated heterocycles. The molecule has 5 aromatic rings. The smallest absolute Gasteiger partial charge is 0.247 e. The first-order valence-electron chi connectivity index (χ1n) is 9.86. The lowest BCUT2D eigenvalue weighted by atomic mass is 10.2. The molecule has 0 aliphatic rings. The van der Waals surface area contributed by atoms with Crippen molar-refractivity contribution in [2.24, 2.45) is 0 Å². The van der Waals surface area contributed by atoms with Crippen molar-refractivity contribution in [3.8, 4) is 28.5 Å². The lowest BCUT2D eigenvalue weighted by molar-refractivity contribution is 0.528. The summed E-state index contributed by atoms with van der Waals surface area (Å²) in [6, 6.07) is 28.1. The third-order valence-corrected chi connectivity index (χ3v) is 5.68. The monoisotopic (exact) mass is 425 g/mol. The van der Waals surface area contributed by atoms with Gasteiger partial charge in [-0.25, -0.2) is 0 Å². The van der Waals surface area contributed by atoms with Gasteiger partial charge in [0.05, 0.1) is 5.75 Å². The van der Waals surface area contributed by atoms with Crippen LogP contribution in [0.15, 0.2) is 94.5 Å². The molecule has 7 heteroatoms. The van der Waals surface area contributed by atoms with Gasteiger partial charge in [0.2, 0.25) is 11.8 Å². The van der Waals surface area contributed by atoms with Crippen molar-refractivity contribution >= 4 is 11.8 Å². The molecule has 5 rings (SSSR count). The fourth-order valence-corrected chi connectivity index (χ4v) is 3.99. The van der Waals surface area contributed by atoms with E-state index in [1.165, 1.54) is 17.3 Å². The average Bonchev–Trinajstić information content (AvgIpc) is 3.47. The van der Waals surface area contributed by atoms with E-state index in [0.29, 0.717) is 17.5 Å². The van der Waals surface area contributed by atoms with Gasteiger partial charge in [-0.3, -0.25) is 4.57 Å². The van der Waals surface area contributed by atoms with Gasteiger partial charge in [0, 0.05) is 16.8 Å². The Morgan fingerprint density at radius 2 is 1.42 bits per heavy atom. The highest BCUT2D eigenvalue weighted by molar-refractivity contribution is 7.98. The molecule has 0 fully saturated rings. The second-order valence-corrected chi connectivity index (χ2v) is 7.94. The normalized spacial score (nSPS) is 11.0. The molecule has 0 aliphatic heterocycles. The van der Waals surface area contributed by atoms with E-state index in [1.807, 2.05) is 60.7 Å². The highest BCUT2D eigenvalue weighted by Gasteiger charge is 2.17. The zero-order chi connectivity index (χ0) is 21.0. The third-order valence-electron chi connectivity index (χ3n) is 4.77. The minimum atomic E-state index is 0.499. The topological polar surface area (TPSA) is 69.6 Å². The Labute approximate surface area is 184 Å². The van der Waals surface area contributed by atoms with Crippen LogP contribution in [-0.4, -0.2) is 25.0 Å². The summed E-state index contributed by atoms with van der Waals surface area (Å²) in [6.45, 7) is 2.07. The summed E-state index contributed by atoms with van der Waals surface area (Å²) in [4.78, 5) is 0. The average molecular weight is 426 g/mol. The van der Waals surface area contributed by atoms with Crippen LogP contribution in [0.5, 0.6) is 0 Å². The molecule has 152 valence electrons. The fourth-order valence-electron chi connectivity index (χ4n) is 3.20. The lowest BCUT2D eigenvalue weighted by Crippen LogP contribution is -2.00. The summed E-state index contributed by atoms with van der Waals surface area (Å²) in [7, 11) is 0. The summed E-state index contributed by atoms with van der Waals surface area (Å²) in [5.74, 6) is 2.35. The fraction of sp³-hybridized carbons (Fsp3) is 0.0833. The van der Waals surface area contributed by atoms with Gasteiger partial charge in [-0.1, -0.05) is 78.0 Å². The van der Waals surface area contributed by atoms with Crippen LogP contribution in [0.2, 0.25) is 0 Å². The molecule has 0 radical (unpaired) electrons. The Bertz CT molecular complexity index is 1280. The van der Waals surface area contributed by atoms with Gasteiger partial charge < -0.3 is 4.42 Å². The number of rotatable bonds is 6. The van der Waals surface area contributed by atoms with E-state index >= 15 is 0 Å². The van der Waals surface area contributed by atoms with E-state index in [0.717, 1.165) is 27.8 Å². The number of hydrogen-bond donors (Lipinski definition) is 0. The summed E-state index contributed by atoms with van der Waals surface area (Å²) in [5.41, 5.74) is 4.12. The van der Waals surface area contributed by atoms with Gasteiger partial charge in [0.25, 0.3) is 0 Å². The Morgan fingerprint density at radius 1 is 0.742 bits per heavy atom. The molecule has 0 bridgehead atoms. The Kier molecular flexibility index (Phi) is 5.33. The Hall–Kier alpha value is -3.71. The van der Waals surface area contributed by atoms with Crippen LogP contribution in [0, 0.1) is 6.92 Å². The van der Waals surface area contributed by atoms with Crippen LogP contribution in [0.1, 0.15) is 11.5 Å². The molecule has 2 aromatic heterocycles. The molecule has 0 amide bonds. The van der Waals surface area contributed by atoms with Crippen molar-refractivity contribution in [3.05, 3.63) is 96.4 Å². The molecule has 2 heterocycles. The van der Waals surface area contributed by atoms with Crippen molar-refractivity contribution in [2.75, 3.05) is 0 Å². The van der Waals surface area contributed by atoms with E-state index in [4.69, 9.17) is 4.42 Å². The largest absolute Gasteiger partial charge is 0.420 e. The molecule has 0 N–H and O–H groups in total. The van der Waals surface area contributed by atoms with Crippen molar-refractivity contribution in [2.45, 2.75) is 17.8 Å². The van der Waals surface area contributed by atoms with E-state index in [9.17, 15) is 0 Å². The third kappa shape index (κ3) is 4.13. The lowest BCUT2D eigenvalue weighted by Gasteiger charge is -2.10. The summed E-state index contributed by atoms with van der Waals surface area (Å²) >= 11 is 1.52. The van der Waals surface area contributed by atoms with E-state index < -0.39 is 0 Å². The molecular formula is C24H19N5OS. The zero-order valence-corrected chi connectivity index (χ0v) is 17.7. The molecule has 0 spiro atoms. The van der Waals surface area contributed by atoms with Crippen LogP contribution in [0.4, 0.5) is 0 Å². The SMILES string of the molecule is Cc1ccc(-n2c(SCc3nnc(-c4ccccc4)o3)nnc2-c2ccccc2)cc1. The maximum absolute atomic E-state index is 5.84. The molecule has 3 aromatic carbocycles. The summed E-state index contributed by atoms with van der Waals surface area (Å²) in [6.07, 6.45) is 0.